The summed E-state index contributed by atoms with van der Waals surface area (Å²) >= 11 is 0. The third kappa shape index (κ3) is 49.2. The molecule has 141 heavy (non-hydrogen) atoms. The van der Waals surface area contributed by atoms with Gasteiger partial charge in [0.2, 0.25) is 0 Å². The molecule has 4 N–H and O–H groups in total. The van der Waals surface area contributed by atoms with Gasteiger partial charge in [0.1, 0.15) is 59.2 Å². The lowest BCUT2D eigenvalue weighted by molar-refractivity contribution is -0.156. The number of azide groups is 2. The molecule has 8 rings (SSSR count). The topological polar surface area (TPSA) is 807 Å². The van der Waals surface area contributed by atoms with Gasteiger partial charge in [0.25, 0.3) is 0 Å². The molecule has 62 nitrogen and oxygen atoms in total. The third-order valence-electron chi connectivity index (χ3n) is 16.7. The van der Waals surface area contributed by atoms with E-state index in [-0.39, 0.29) is 130 Å². The lowest BCUT2D eigenvalue weighted by Crippen LogP contribution is -2.40. The lowest BCUT2D eigenvalue weighted by Gasteiger charge is -2.20. The van der Waals surface area contributed by atoms with Crippen molar-refractivity contribution in [3.63, 3.8) is 0 Å². The Morgan fingerprint density at radius 3 is 0.950 bits per heavy atom. The molecule has 746 valence electrons. The van der Waals surface area contributed by atoms with Crippen LogP contribution in [0.15, 0.2) is 117 Å². The van der Waals surface area contributed by atoms with Crippen LogP contribution in [0.1, 0.15) is 71.6 Å². The zero-order chi connectivity index (χ0) is 106. The van der Waals surface area contributed by atoms with Crippen molar-refractivity contribution in [2.75, 3.05) is 132 Å². The van der Waals surface area contributed by atoms with Crippen LogP contribution < -0.4 is 11.5 Å². The molecule has 8 aliphatic heterocycles. The minimum atomic E-state index is -1.05. The molecule has 0 aromatic rings. The summed E-state index contributed by atoms with van der Waals surface area (Å²) in [5, 5.41) is 56.0. The second-order valence-corrected chi connectivity index (χ2v) is 26.7. The Hall–Kier alpha value is -17.9. The van der Waals surface area contributed by atoms with Crippen LogP contribution >= 0.6 is 0 Å². The smallest absolute Gasteiger partial charge is 0.370 e. The van der Waals surface area contributed by atoms with Crippen molar-refractivity contribution in [2.24, 2.45) is 121 Å². The Labute approximate surface area is 800 Å². The van der Waals surface area contributed by atoms with Crippen LogP contribution in [0.5, 0.6) is 0 Å². The molecule has 0 saturated heterocycles. The highest BCUT2D eigenvalue weighted by atomic mass is 16.7. The summed E-state index contributed by atoms with van der Waals surface area (Å²) in [4.78, 5) is 234. The van der Waals surface area contributed by atoms with Crippen molar-refractivity contribution in [1.82, 2.24) is 39.2 Å². The maximum Gasteiger partial charge on any atom is 0.370 e. The van der Waals surface area contributed by atoms with Crippen LogP contribution in [0.4, 0.5) is 76.7 Å². The van der Waals surface area contributed by atoms with E-state index in [0.29, 0.717) is 55.1 Å². The molecule has 0 fully saturated rings. The number of unbranched alkanes of at least 4 members (excludes halogenated alkanes) is 1. The van der Waals surface area contributed by atoms with Crippen LogP contribution in [0.2, 0.25) is 0 Å². The fourth-order valence-electron chi connectivity index (χ4n) is 10.2. The van der Waals surface area contributed by atoms with Gasteiger partial charge >= 0.3 is 120 Å². The maximum atomic E-state index is 11.3. The summed E-state index contributed by atoms with van der Waals surface area (Å²) in [6, 6.07) is -11.8. The van der Waals surface area contributed by atoms with Crippen LogP contribution in [-0.2, 0) is 66.5 Å². The number of ether oxygens (including phenoxy) is 10. The number of nitrogens with two attached hydrogens (primary N) is 2. The van der Waals surface area contributed by atoms with Crippen molar-refractivity contribution < 1.29 is 143 Å². The number of carbonyl (C=O) groups excluding carboxylic acids is 20. The fourth-order valence-corrected chi connectivity index (χ4v) is 10.2. The molecule has 8 heterocycles. The summed E-state index contributed by atoms with van der Waals surface area (Å²) in [6.07, 6.45) is 44.9. The highest BCUT2D eigenvalue weighted by Gasteiger charge is 2.38. The van der Waals surface area contributed by atoms with E-state index in [2.05, 4.69) is 167 Å². The summed E-state index contributed by atoms with van der Waals surface area (Å²) in [7, 11) is 0. The van der Waals surface area contributed by atoms with Gasteiger partial charge in [-0.3, -0.25) is 9.59 Å². The minimum Gasteiger partial charge on any atom is -0.462 e. The summed E-state index contributed by atoms with van der Waals surface area (Å²) in [6.45, 7) is 8.16. The number of amides is 32. The Morgan fingerprint density at radius 1 is 0.340 bits per heavy atom. The second kappa shape index (κ2) is 70.7. The number of imide groups is 8. The number of hydrogen-bond donors (Lipinski definition) is 2. The van der Waals surface area contributed by atoms with Crippen LogP contribution in [0.25, 0.3) is 20.9 Å². The Balaban J connectivity index is 0.000000807. The lowest BCUT2D eigenvalue weighted by atomic mass is 9.96. The predicted octanol–water partition coefficient (Wildman–Crippen LogP) is 9.32. The molecular formula is C79H90N32O30. The number of rotatable bonds is 51. The first-order chi connectivity index (χ1) is 67.5. The van der Waals surface area contributed by atoms with E-state index < -0.39 is 151 Å². The van der Waals surface area contributed by atoms with Gasteiger partial charge in [-0.15, -0.1) is 75.1 Å². The van der Waals surface area contributed by atoms with Crippen molar-refractivity contribution in [2.45, 2.75) is 102 Å². The molecule has 0 aliphatic carbocycles. The minimum absolute atomic E-state index is 0.0280. The largest absolute Gasteiger partial charge is 0.462 e. The average Bonchev–Trinajstić information content (AvgIpc) is 1.75. The number of carbonyl (C=O) groups is 20. The third-order valence-corrected chi connectivity index (χ3v) is 16.7. The predicted molar refractivity (Wildman–Crippen MR) is 468 cm³/mol. The highest BCUT2D eigenvalue weighted by molar-refractivity contribution is 6.02. The average molecular weight is 1970 g/mol. The molecule has 0 saturated carbocycles. The standard InChI is InChI=1S/C13H15N3O2.C12H13N3O2.C11H11N3O6.C11H11N3O4.C10H9N3O4.C9H11N3O6.C7H9N9O4.C6H11N5O2/c1-3-5-7-9-11(8-6-4-2)10-16-12(17)14-15-13(16)18;1-3-5-7-10(8-6-4-2)9-15-11(16)13-14-12(15)17;1-3-8(15)19-6-7(20-9(16)4-2)5-14-10(17)12-13-11(14)18;1-3-5-17-8-9(18-6-4-2)7-14-10(15)12-13-11(14)16;1-3-5-16-8(17-6-4-2)7-13-9(14)11-12-10(13)15;1-5(13)17-4-7(18-6(2)14)3-12-8(15)10-11-9(12)16;8-14-10-3-19-2-5(20-4-11-15-9)1-16-6(17)12-13-7(16)18;7-1-4(2-8)3-11-5(12)9-10-6(11)13/h1-2,11H,5-10H2;1-2,10H,5-9H2;3-4,7H,1-2,5-6H2;1-2,9H,5-8H2;1-2,8H,5-7H2;7H,3-4H2,1-2H3;5H,1-4H2;4H,1-3,7-8H2. The molecule has 5 atom stereocenters. The quantitative estimate of drug-likeness (QED) is 0.00658. The number of azo groups is 8. The van der Waals surface area contributed by atoms with Crippen LogP contribution in [0.3, 0.4) is 0 Å². The fraction of sp³-hybridized carbons (Fsp3) is 0.494. The second-order valence-electron chi connectivity index (χ2n) is 26.7. The van der Waals surface area contributed by atoms with Crippen molar-refractivity contribution in [1.29, 1.82) is 0 Å². The molecule has 62 heteroatoms. The van der Waals surface area contributed by atoms with E-state index in [0.717, 1.165) is 80.6 Å². The van der Waals surface area contributed by atoms with E-state index in [1.807, 2.05) is 0 Å². The first-order valence-electron chi connectivity index (χ1n) is 40.1. The van der Waals surface area contributed by atoms with Crippen molar-refractivity contribution in [3.8, 4) is 98.8 Å². The van der Waals surface area contributed by atoms with E-state index in [1.54, 1.807) is 0 Å². The first kappa shape index (κ1) is 121. The van der Waals surface area contributed by atoms with E-state index in [9.17, 15) is 95.9 Å². The van der Waals surface area contributed by atoms with Gasteiger partial charge in [0, 0.05) is 87.1 Å². The Morgan fingerprint density at radius 2 is 0.631 bits per heavy atom. The van der Waals surface area contributed by atoms with Gasteiger partial charge in [-0.1, -0.05) is 129 Å². The van der Waals surface area contributed by atoms with Crippen molar-refractivity contribution in [3.05, 3.63) is 46.2 Å². The molecule has 8 aliphatic rings. The molecule has 0 bridgehead atoms. The molecule has 32 amide bonds. The number of esters is 4. The van der Waals surface area contributed by atoms with E-state index in [4.69, 9.17) is 117 Å². The highest BCUT2D eigenvalue weighted by Crippen LogP contribution is 2.23. The monoisotopic (exact) mass is 1970 g/mol. The number of terminal acetylenes is 8. The van der Waals surface area contributed by atoms with E-state index in [1.165, 1.54) is 6.92 Å². The molecule has 0 spiro atoms. The van der Waals surface area contributed by atoms with Crippen molar-refractivity contribution >= 4 is 120 Å². The van der Waals surface area contributed by atoms with Gasteiger partial charge in [0.15, 0.2) is 18.5 Å². The first-order valence-corrected chi connectivity index (χ1v) is 40.1. The number of urea groups is 16. The summed E-state index contributed by atoms with van der Waals surface area (Å²) < 4.78 is 49.6. The van der Waals surface area contributed by atoms with Gasteiger partial charge in [-0.05, 0) is 68.1 Å². The van der Waals surface area contributed by atoms with Gasteiger partial charge in [0.05, 0.1) is 52.0 Å². The summed E-state index contributed by atoms with van der Waals surface area (Å²) in [5.74, 6) is 16.7. The molecule has 0 radical (unpaired) electrons. The molecule has 0 aromatic heterocycles. The Bertz CT molecular complexity index is 4910. The normalized spacial score (nSPS) is 15.1. The van der Waals surface area contributed by atoms with Crippen LogP contribution in [0, 0.1) is 117 Å². The number of hydrogen-bond acceptors (Lipinski definition) is 34. The molecule has 0 aromatic carbocycles. The SMILES string of the molecule is C#CCCC(CCC#C)CN1C(=O)N=NC1=O.C#CCCCC(CCC#C)CN1C(=O)N=NC1=O.C#CCOC(CN1C(=O)N=NC1=O)OCC#C.C#CCOCC(CN1C(=O)N=NC1=O)OCC#C.C=CC(=O)OCC(CN1C(=O)N=NC1=O)OC(=O)C=C.CC(=O)OCC(CN1C(=O)N=NC1=O)OC(C)=O.NCC(CN)CN1C(=O)N=NC1=O.[N-]=[N+]=NCOCC(CN1C(=O)N=NC1=O)OCN=[N+]=[N-]. The Kier molecular flexibility index (Phi) is 60.7. The zero-order valence-corrected chi connectivity index (χ0v) is 75.1. The maximum absolute atomic E-state index is 11.3. The molecule has 5 unspecified atom stereocenters. The van der Waals surface area contributed by atoms with Crippen LogP contribution in [-0.4, -0.2) is 322 Å². The van der Waals surface area contributed by atoms with E-state index >= 15 is 0 Å². The number of nitrogens with zero attached hydrogens (tertiary/aromatic N) is 30. The zero-order valence-electron chi connectivity index (χ0n) is 75.1. The summed E-state index contributed by atoms with van der Waals surface area (Å²) in [5.41, 5.74) is 26.9. The van der Waals surface area contributed by atoms with Gasteiger partial charge in [-0.25, -0.2) is 126 Å². The van der Waals surface area contributed by atoms with Gasteiger partial charge < -0.3 is 58.8 Å². The van der Waals surface area contributed by atoms with Gasteiger partial charge in [-0.2, -0.15) is 0 Å². The molecular weight excluding hydrogens is 1880 g/mol.